The maximum absolute atomic E-state index is 12.6. The third-order valence-corrected chi connectivity index (χ3v) is 4.47. The second kappa shape index (κ2) is 3.29. The van der Waals surface area contributed by atoms with Crippen LogP contribution in [-0.4, -0.2) is 33.2 Å². The Hall–Kier alpha value is -2.04. The van der Waals surface area contributed by atoms with E-state index in [1.165, 1.54) is 12.8 Å². The van der Waals surface area contributed by atoms with Crippen LogP contribution >= 0.6 is 0 Å². The predicted molar refractivity (Wildman–Crippen MR) is 73.0 cm³/mol. The van der Waals surface area contributed by atoms with E-state index in [2.05, 4.69) is 17.2 Å². The Kier molecular flexibility index (Phi) is 1.88. The van der Waals surface area contributed by atoms with E-state index in [1.54, 1.807) is 4.57 Å². The molecule has 1 aromatic carbocycles. The Labute approximate surface area is 111 Å². The number of nitrogens with one attached hydrogen (secondary N) is 1. The van der Waals surface area contributed by atoms with Crippen molar-refractivity contribution in [3.63, 3.8) is 0 Å². The number of hydrogen-bond donors (Lipinski definition) is 1. The molecule has 5 nitrogen and oxygen atoms in total. The molecular formula is C14H16N4O. The van der Waals surface area contributed by atoms with Gasteiger partial charge in [-0.25, -0.2) is 14.3 Å². The Balaban J connectivity index is 1.93. The minimum Gasteiger partial charge on any atom is -0.332 e. The molecule has 2 aromatic rings. The summed E-state index contributed by atoms with van der Waals surface area (Å²) in [6, 6.07) is 7.73. The maximum atomic E-state index is 12.6. The minimum absolute atomic E-state index is 0.00292. The van der Waals surface area contributed by atoms with E-state index >= 15 is 0 Å². The van der Waals surface area contributed by atoms with E-state index < -0.39 is 0 Å². The first-order valence-electron chi connectivity index (χ1n) is 6.65. The summed E-state index contributed by atoms with van der Waals surface area (Å²) in [5.41, 5.74) is 1.40. The first kappa shape index (κ1) is 10.8. The summed E-state index contributed by atoms with van der Waals surface area (Å²) in [6.45, 7) is 2.09. The molecule has 1 unspecified atom stereocenters. The number of nitrogens with zero attached hydrogens (tertiary/aromatic N) is 3. The molecule has 98 valence electrons. The second-order valence-electron chi connectivity index (χ2n) is 5.65. The Morgan fingerprint density at radius 2 is 2.11 bits per heavy atom. The molecule has 5 heteroatoms. The molecule has 19 heavy (non-hydrogen) atoms. The highest BCUT2D eigenvalue weighted by molar-refractivity contribution is 5.94. The van der Waals surface area contributed by atoms with Gasteiger partial charge in [-0.1, -0.05) is 12.1 Å². The van der Waals surface area contributed by atoms with Crippen LogP contribution in [-0.2, 0) is 0 Å². The molecular weight excluding hydrogens is 240 g/mol. The molecule has 0 spiro atoms. The fourth-order valence-electron chi connectivity index (χ4n) is 2.98. The lowest BCUT2D eigenvalue weighted by Gasteiger charge is -2.43. The van der Waals surface area contributed by atoms with Gasteiger partial charge >= 0.3 is 6.03 Å². The van der Waals surface area contributed by atoms with Gasteiger partial charge in [0.15, 0.2) is 0 Å². The number of fused-ring (bicyclic) bond motifs is 3. The van der Waals surface area contributed by atoms with Crippen LogP contribution in [0.15, 0.2) is 24.3 Å². The summed E-state index contributed by atoms with van der Waals surface area (Å²) in [5.74, 6) is 1.19. The molecule has 1 aliphatic carbocycles. The summed E-state index contributed by atoms with van der Waals surface area (Å²) < 4.78 is 1.67. The number of carbonyl (C=O) groups excluding carboxylic acids is 1. The fourth-order valence-corrected chi connectivity index (χ4v) is 2.98. The topological polar surface area (TPSA) is 50.2 Å². The van der Waals surface area contributed by atoms with Gasteiger partial charge in [0.05, 0.1) is 11.0 Å². The predicted octanol–water partition coefficient (Wildman–Crippen LogP) is 2.49. The summed E-state index contributed by atoms with van der Waals surface area (Å²) in [5, 5.41) is 3.46. The standard InChI is InChI=1S/C14H16N4O/c1-14(9-7-8-9)16-12-15-10-5-3-4-6-11(10)18(12)13(19)17(14)2/h3-6,9H,7-8H2,1-2H3,(H,15,16). The van der Waals surface area contributed by atoms with Crippen LogP contribution in [0.1, 0.15) is 19.8 Å². The molecule has 1 aliphatic heterocycles. The van der Waals surface area contributed by atoms with Gasteiger partial charge in [-0.05, 0) is 31.9 Å². The van der Waals surface area contributed by atoms with Crippen LogP contribution < -0.4 is 5.32 Å². The number of amides is 1. The number of hydrogen-bond acceptors (Lipinski definition) is 3. The van der Waals surface area contributed by atoms with E-state index in [-0.39, 0.29) is 11.7 Å². The van der Waals surface area contributed by atoms with Crippen molar-refractivity contribution in [2.75, 3.05) is 12.4 Å². The van der Waals surface area contributed by atoms with Crippen molar-refractivity contribution in [1.29, 1.82) is 0 Å². The van der Waals surface area contributed by atoms with Crippen molar-refractivity contribution in [2.24, 2.45) is 5.92 Å². The van der Waals surface area contributed by atoms with E-state index in [1.807, 2.05) is 36.2 Å². The molecule has 1 aromatic heterocycles. The third-order valence-electron chi connectivity index (χ3n) is 4.47. The summed E-state index contributed by atoms with van der Waals surface area (Å²) in [7, 11) is 1.87. The Bertz CT molecular complexity index is 688. The first-order valence-corrected chi connectivity index (χ1v) is 6.65. The minimum atomic E-state index is -0.311. The fraction of sp³-hybridized carbons (Fsp3) is 0.429. The number of carbonyl (C=O) groups is 1. The van der Waals surface area contributed by atoms with Crippen LogP contribution in [0.25, 0.3) is 11.0 Å². The number of para-hydroxylation sites is 2. The second-order valence-corrected chi connectivity index (χ2v) is 5.65. The van der Waals surface area contributed by atoms with Crippen LogP contribution in [0.4, 0.5) is 10.7 Å². The number of rotatable bonds is 1. The molecule has 1 saturated carbocycles. The molecule has 0 bridgehead atoms. The molecule has 4 rings (SSSR count). The number of anilines is 1. The number of benzene rings is 1. The van der Waals surface area contributed by atoms with E-state index in [0.717, 1.165) is 11.0 Å². The van der Waals surface area contributed by atoms with Crippen molar-refractivity contribution < 1.29 is 4.79 Å². The third kappa shape index (κ3) is 1.30. The van der Waals surface area contributed by atoms with Gasteiger partial charge in [-0.2, -0.15) is 0 Å². The molecule has 1 amide bonds. The molecule has 0 radical (unpaired) electrons. The van der Waals surface area contributed by atoms with Crippen LogP contribution in [0.2, 0.25) is 0 Å². The zero-order valence-corrected chi connectivity index (χ0v) is 11.1. The highest BCUT2D eigenvalue weighted by atomic mass is 16.2. The Morgan fingerprint density at radius 3 is 2.84 bits per heavy atom. The van der Waals surface area contributed by atoms with Gasteiger partial charge in [-0.15, -0.1) is 0 Å². The maximum Gasteiger partial charge on any atom is 0.333 e. The quantitative estimate of drug-likeness (QED) is 0.852. The largest absolute Gasteiger partial charge is 0.333 e. The van der Waals surface area contributed by atoms with Gasteiger partial charge in [0.25, 0.3) is 0 Å². The first-order chi connectivity index (χ1) is 9.11. The van der Waals surface area contributed by atoms with Gasteiger partial charge in [0.1, 0.15) is 5.66 Å². The molecule has 2 aliphatic rings. The average Bonchev–Trinajstić information content (AvgIpc) is 3.18. The van der Waals surface area contributed by atoms with Crippen molar-refractivity contribution in [1.82, 2.24) is 14.5 Å². The van der Waals surface area contributed by atoms with E-state index in [0.29, 0.717) is 11.9 Å². The monoisotopic (exact) mass is 256 g/mol. The lowest BCUT2D eigenvalue weighted by atomic mass is 10.0. The molecule has 1 N–H and O–H groups in total. The lowest BCUT2D eigenvalue weighted by molar-refractivity contribution is 0.140. The van der Waals surface area contributed by atoms with Crippen molar-refractivity contribution in [3.8, 4) is 0 Å². The van der Waals surface area contributed by atoms with E-state index in [9.17, 15) is 4.79 Å². The number of imidazole rings is 1. The van der Waals surface area contributed by atoms with Crippen molar-refractivity contribution in [3.05, 3.63) is 24.3 Å². The van der Waals surface area contributed by atoms with Gasteiger partial charge < -0.3 is 10.2 Å². The number of aromatic nitrogens is 2. The SMILES string of the molecule is CN1C(=O)n2c(nc3ccccc32)NC1(C)C1CC1. The van der Waals surface area contributed by atoms with E-state index in [4.69, 9.17) is 0 Å². The van der Waals surface area contributed by atoms with Gasteiger partial charge in [0, 0.05) is 13.0 Å². The summed E-state index contributed by atoms with van der Waals surface area (Å²) in [6.07, 6.45) is 2.34. The Morgan fingerprint density at radius 1 is 1.37 bits per heavy atom. The average molecular weight is 256 g/mol. The van der Waals surface area contributed by atoms with Crippen LogP contribution in [0, 0.1) is 5.92 Å². The van der Waals surface area contributed by atoms with Crippen LogP contribution in [0.3, 0.4) is 0 Å². The van der Waals surface area contributed by atoms with Crippen molar-refractivity contribution >= 4 is 23.0 Å². The normalized spacial score (nSPS) is 26.4. The smallest absolute Gasteiger partial charge is 0.332 e. The highest BCUT2D eigenvalue weighted by Gasteiger charge is 2.50. The van der Waals surface area contributed by atoms with Crippen molar-refractivity contribution in [2.45, 2.75) is 25.4 Å². The zero-order valence-electron chi connectivity index (χ0n) is 11.1. The summed E-state index contributed by atoms with van der Waals surface area (Å²) >= 11 is 0. The van der Waals surface area contributed by atoms with Crippen LogP contribution in [0.5, 0.6) is 0 Å². The highest BCUT2D eigenvalue weighted by Crippen LogP contribution is 2.45. The molecule has 1 atom stereocenters. The van der Waals surface area contributed by atoms with Gasteiger partial charge in [0.2, 0.25) is 5.95 Å². The summed E-state index contributed by atoms with van der Waals surface area (Å²) in [4.78, 5) is 19.0. The molecule has 0 saturated heterocycles. The molecule has 2 heterocycles. The van der Waals surface area contributed by atoms with Gasteiger partial charge in [-0.3, -0.25) is 0 Å². The zero-order chi connectivity index (χ0) is 13.2. The molecule has 1 fully saturated rings. The lowest BCUT2D eigenvalue weighted by Crippen LogP contribution is -2.59.